The molecule has 0 aliphatic carbocycles. The first-order chi connectivity index (χ1) is 10.1. The minimum absolute atomic E-state index is 0.288. The van der Waals surface area contributed by atoms with Crippen molar-refractivity contribution in [3.05, 3.63) is 47.0 Å². The van der Waals surface area contributed by atoms with E-state index in [1.807, 2.05) is 16.7 Å². The van der Waals surface area contributed by atoms with Crippen molar-refractivity contribution in [2.24, 2.45) is 0 Å². The van der Waals surface area contributed by atoms with Crippen molar-refractivity contribution in [1.82, 2.24) is 9.55 Å². The molecule has 21 heavy (non-hydrogen) atoms. The molecule has 0 atom stereocenters. The highest BCUT2D eigenvalue weighted by Gasteiger charge is 2.12. The minimum Gasteiger partial charge on any atom is -0.493 e. The van der Waals surface area contributed by atoms with Gasteiger partial charge in [0, 0.05) is 17.8 Å². The fraction of sp³-hybridized carbons (Fsp3) is 0.133. The Hall–Kier alpha value is -2.34. The largest absolute Gasteiger partial charge is 0.493 e. The molecule has 108 valence electrons. The zero-order valence-electron chi connectivity index (χ0n) is 11.5. The van der Waals surface area contributed by atoms with E-state index in [1.165, 1.54) is 12.1 Å². The first-order valence-electron chi connectivity index (χ1n) is 6.26. The third kappa shape index (κ3) is 2.27. The lowest BCUT2D eigenvalue weighted by atomic mass is 10.2. The Bertz CT molecular complexity index is 852. The molecule has 1 N–H and O–H groups in total. The summed E-state index contributed by atoms with van der Waals surface area (Å²) in [6.07, 6.45) is 0. The van der Waals surface area contributed by atoms with Gasteiger partial charge < -0.3 is 14.5 Å². The van der Waals surface area contributed by atoms with E-state index in [4.69, 9.17) is 21.7 Å². The molecule has 0 amide bonds. The van der Waals surface area contributed by atoms with E-state index in [2.05, 4.69) is 4.98 Å². The van der Waals surface area contributed by atoms with Crippen LogP contribution >= 0.6 is 12.2 Å². The highest BCUT2D eigenvalue weighted by molar-refractivity contribution is 7.71. The van der Waals surface area contributed by atoms with Crippen molar-refractivity contribution in [3.8, 4) is 17.2 Å². The van der Waals surface area contributed by atoms with E-state index < -0.39 is 0 Å². The first kappa shape index (κ1) is 13.6. The number of hydrogen-bond acceptors (Lipinski definition) is 3. The molecule has 0 unspecified atom stereocenters. The average molecular weight is 304 g/mol. The van der Waals surface area contributed by atoms with E-state index in [0.29, 0.717) is 16.3 Å². The smallest absolute Gasteiger partial charge is 0.182 e. The summed E-state index contributed by atoms with van der Waals surface area (Å²) in [6.45, 7) is 0. The van der Waals surface area contributed by atoms with Crippen LogP contribution in [-0.2, 0) is 0 Å². The zero-order valence-corrected chi connectivity index (χ0v) is 12.3. The van der Waals surface area contributed by atoms with E-state index in [1.54, 1.807) is 26.4 Å². The molecule has 0 aliphatic rings. The standard InChI is InChI=1S/C15H13FN2O2S/c1-19-13-7-11-12(8-14(13)20-2)18(15(21)17-11)10-5-3-9(16)4-6-10/h3-8H,1-2H3,(H,17,21). The summed E-state index contributed by atoms with van der Waals surface area (Å²) >= 11 is 5.36. The van der Waals surface area contributed by atoms with E-state index in [-0.39, 0.29) is 5.82 Å². The lowest BCUT2D eigenvalue weighted by molar-refractivity contribution is 0.355. The van der Waals surface area contributed by atoms with Gasteiger partial charge in [-0.15, -0.1) is 0 Å². The molecule has 6 heteroatoms. The van der Waals surface area contributed by atoms with Crippen LogP contribution in [0, 0.1) is 10.6 Å². The number of imidazole rings is 1. The molecule has 1 aromatic heterocycles. The summed E-state index contributed by atoms with van der Waals surface area (Å²) in [5.74, 6) is 0.937. The third-order valence-electron chi connectivity index (χ3n) is 3.27. The van der Waals surface area contributed by atoms with Gasteiger partial charge in [0.05, 0.1) is 25.3 Å². The molecular formula is C15H13FN2O2S. The van der Waals surface area contributed by atoms with E-state index in [0.717, 1.165) is 16.7 Å². The summed E-state index contributed by atoms with van der Waals surface area (Å²) in [5.41, 5.74) is 2.44. The van der Waals surface area contributed by atoms with Gasteiger partial charge >= 0.3 is 0 Å². The Morgan fingerprint density at radius 1 is 1.05 bits per heavy atom. The number of halogens is 1. The second kappa shape index (κ2) is 5.21. The fourth-order valence-corrected chi connectivity index (χ4v) is 2.59. The minimum atomic E-state index is -0.288. The predicted molar refractivity (Wildman–Crippen MR) is 81.5 cm³/mol. The van der Waals surface area contributed by atoms with E-state index in [9.17, 15) is 4.39 Å². The first-order valence-corrected chi connectivity index (χ1v) is 6.67. The maximum Gasteiger partial charge on any atom is 0.182 e. The number of nitrogens with one attached hydrogen (secondary N) is 1. The van der Waals surface area contributed by atoms with Gasteiger partial charge in [-0.2, -0.15) is 0 Å². The molecule has 3 aromatic rings. The van der Waals surface area contributed by atoms with Crippen LogP contribution in [0.15, 0.2) is 36.4 Å². The number of aromatic nitrogens is 2. The molecule has 0 saturated carbocycles. The van der Waals surface area contributed by atoms with Crippen molar-refractivity contribution >= 4 is 23.3 Å². The summed E-state index contributed by atoms with van der Waals surface area (Å²) in [5, 5.41) is 0. The van der Waals surface area contributed by atoms with Gasteiger partial charge in [-0.05, 0) is 36.5 Å². The number of methoxy groups -OCH3 is 2. The highest BCUT2D eigenvalue weighted by Crippen LogP contribution is 2.33. The van der Waals surface area contributed by atoms with Crippen LogP contribution in [0.1, 0.15) is 0 Å². The van der Waals surface area contributed by atoms with Crippen LogP contribution in [0.2, 0.25) is 0 Å². The quantitative estimate of drug-likeness (QED) is 0.747. The molecule has 0 fully saturated rings. The average Bonchev–Trinajstić information content (AvgIpc) is 2.81. The molecule has 0 radical (unpaired) electrons. The van der Waals surface area contributed by atoms with Gasteiger partial charge in [0.25, 0.3) is 0 Å². The van der Waals surface area contributed by atoms with Gasteiger partial charge in [0.15, 0.2) is 16.3 Å². The topological polar surface area (TPSA) is 39.2 Å². The fourth-order valence-electron chi connectivity index (χ4n) is 2.28. The van der Waals surface area contributed by atoms with Crippen molar-refractivity contribution in [2.75, 3.05) is 14.2 Å². The van der Waals surface area contributed by atoms with Gasteiger partial charge in [0.1, 0.15) is 5.82 Å². The summed E-state index contributed by atoms with van der Waals surface area (Å²) in [4.78, 5) is 3.11. The van der Waals surface area contributed by atoms with Crippen LogP contribution in [0.3, 0.4) is 0 Å². The Labute approximate surface area is 125 Å². The second-order valence-electron chi connectivity index (χ2n) is 4.47. The molecule has 4 nitrogen and oxygen atoms in total. The number of aromatic amines is 1. The number of hydrogen-bond donors (Lipinski definition) is 1. The molecule has 0 spiro atoms. The van der Waals surface area contributed by atoms with Gasteiger partial charge in [-0.1, -0.05) is 0 Å². The molecule has 3 rings (SSSR count). The molecule has 0 saturated heterocycles. The Morgan fingerprint density at radius 3 is 2.29 bits per heavy atom. The van der Waals surface area contributed by atoms with Crippen molar-refractivity contribution in [3.63, 3.8) is 0 Å². The Kier molecular flexibility index (Phi) is 3.39. The van der Waals surface area contributed by atoms with Gasteiger partial charge in [0.2, 0.25) is 0 Å². The Balaban J connectivity index is 2.30. The summed E-state index contributed by atoms with van der Waals surface area (Å²) in [7, 11) is 3.16. The number of benzene rings is 2. The SMILES string of the molecule is COc1cc2[nH]c(=S)n(-c3ccc(F)cc3)c2cc1OC. The lowest BCUT2D eigenvalue weighted by Crippen LogP contribution is -1.95. The van der Waals surface area contributed by atoms with Gasteiger partial charge in [-0.25, -0.2) is 4.39 Å². The number of ether oxygens (including phenoxy) is 2. The van der Waals surface area contributed by atoms with Crippen LogP contribution in [0.25, 0.3) is 16.7 Å². The zero-order chi connectivity index (χ0) is 15.0. The number of nitrogens with zero attached hydrogens (tertiary/aromatic N) is 1. The van der Waals surface area contributed by atoms with Crippen molar-refractivity contribution < 1.29 is 13.9 Å². The predicted octanol–water partition coefficient (Wildman–Crippen LogP) is 3.84. The lowest BCUT2D eigenvalue weighted by Gasteiger charge is -2.09. The van der Waals surface area contributed by atoms with Crippen molar-refractivity contribution in [2.45, 2.75) is 0 Å². The normalized spacial score (nSPS) is 10.8. The number of rotatable bonds is 3. The highest BCUT2D eigenvalue weighted by atomic mass is 32.1. The van der Waals surface area contributed by atoms with Crippen LogP contribution in [-0.4, -0.2) is 23.8 Å². The van der Waals surface area contributed by atoms with Crippen LogP contribution in [0.4, 0.5) is 4.39 Å². The van der Waals surface area contributed by atoms with Crippen molar-refractivity contribution in [1.29, 1.82) is 0 Å². The number of fused-ring (bicyclic) bond motifs is 1. The maximum absolute atomic E-state index is 13.1. The molecule has 0 aliphatic heterocycles. The molecule has 0 bridgehead atoms. The number of H-pyrrole nitrogens is 1. The third-order valence-corrected chi connectivity index (χ3v) is 3.56. The monoisotopic (exact) mass is 304 g/mol. The molecule has 1 heterocycles. The molecular weight excluding hydrogens is 291 g/mol. The van der Waals surface area contributed by atoms with Crippen LogP contribution < -0.4 is 9.47 Å². The maximum atomic E-state index is 13.1. The summed E-state index contributed by atoms with van der Waals surface area (Å²) in [6, 6.07) is 9.81. The molecule has 2 aromatic carbocycles. The van der Waals surface area contributed by atoms with Crippen LogP contribution in [0.5, 0.6) is 11.5 Å². The van der Waals surface area contributed by atoms with E-state index >= 15 is 0 Å². The van der Waals surface area contributed by atoms with Gasteiger partial charge in [-0.3, -0.25) is 4.57 Å². The second-order valence-corrected chi connectivity index (χ2v) is 4.85. The summed E-state index contributed by atoms with van der Waals surface area (Å²) < 4.78 is 26.0. The Morgan fingerprint density at radius 2 is 1.67 bits per heavy atom.